The van der Waals surface area contributed by atoms with Crippen molar-refractivity contribution in [3.05, 3.63) is 27.7 Å². The number of carbonyl (C=O) groups excluding carboxylic acids is 1. The van der Waals surface area contributed by atoms with Gasteiger partial charge in [0, 0.05) is 17.3 Å². The van der Waals surface area contributed by atoms with Crippen LogP contribution >= 0.6 is 15.9 Å². The predicted octanol–water partition coefficient (Wildman–Crippen LogP) is 4.38. The molecule has 0 N–H and O–H groups in total. The number of rotatable bonds is 4. The molecule has 19 heavy (non-hydrogen) atoms. The summed E-state index contributed by atoms with van der Waals surface area (Å²) in [5.41, 5.74) is 1.26. The summed E-state index contributed by atoms with van der Waals surface area (Å²) in [4.78, 5) is 11.0. The maximum atomic E-state index is 13.1. The number of hydrogen-bond donors (Lipinski definition) is 0. The second kappa shape index (κ2) is 5.57. The molecule has 0 bridgehead atoms. The summed E-state index contributed by atoms with van der Waals surface area (Å²) in [6.45, 7) is 2.06. The van der Waals surface area contributed by atoms with Gasteiger partial charge in [0.25, 0.3) is 0 Å². The molecule has 104 valence electrons. The van der Waals surface area contributed by atoms with E-state index in [1.807, 2.05) is 13.0 Å². The van der Waals surface area contributed by atoms with E-state index in [0.717, 1.165) is 16.3 Å². The molecule has 0 spiro atoms. The fourth-order valence-corrected chi connectivity index (χ4v) is 3.02. The lowest BCUT2D eigenvalue weighted by Crippen LogP contribution is -2.14. The van der Waals surface area contributed by atoms with Gasteiger partial charge in [0.1, 0.15) is 5.75 Å². The highest BCUT2D eigenvalue weighted by atomic mass is 79.9. The highest BCUT2D eigenvalue weighted by Crippen LogP contribution is 2.39. The van der Waals surface area contributed by atoms with E-state index in [2.05, 4.69) is 15.9 Å². The number of hydrogen-bond acceptors (Lipinski definition) is 2. The fourth-order valence-electron chi connectivity index (χ4n) is 2.43. The van der Waals surface area contributed by atoms with Crippen LogP contribution in [-0.4, -0.2) is 18.8 Å². The molecule has 1 aromatic rings. The second-order valence-electron chi connectivity index (χ2n) is 5.03. The fraction of sp³-hybridized carbons (Fsp3) is 0.500. The van der Waals surface area contributed by atoms with Crippen LogP contribution in [0.2, 0.25) is 0 Å². The number of halogens is 3. The Morgan fingerprint density at radius 2 is 2.26 bits per heavy atom. The van der Waals surface area contributed by atoms with Crippen molar-refractivity contribution in [2.45, 2.75) is 32.1 Å². The maximum absolute atomic E-state index is 13.1. The Hall–Kier alpha value is -0.970. The summed E-state index contributed by atoms with van der Waals surface area (Å²) in [5, 5.41) is 0. The third-order valence-corrected chi connectivity index (χ3v) is 3.82. The first-order chi connectivity index (χ1) is 8.91. The van der Waals surface area contributed by atoms with Gasteiger partial charge >= 0.3 is 0 Å². The van der Waals surface area contributed by atoms with E-state index >= 15 is 0 Å². The molecular weight excluding hydrogens is 318 g/mol. The Balaban J connectivity index is 2.06. The first kappa shape index (κ1) is 14.4. The number of alkyl halides is 2. The average molecular weight is 333 g/mol. The van der Waals surface area contributed by atoms with Crippen molar-refractivity contribution >= 4 is 22.2 Å². The lowest BCUT2D eigenvalue weighted by molar-refractivity contribution is 0.00289. The van der Waals surface area contributed by atoms with Crippen molar-refractivity contribution in [3.63, 3.8) is 0 Å². The maximum Gasteiger partial charge on any atom is 0.248 e. The summed E-state index contributed by atoms with van der Waals surface area (Å²) in [5.74, 6) is -2.21. The van der Waals surface area contributed by atoms with Gasteiger partial charge in [-0.25, -0.2) is 8.78 Å². The zero-order valence-electron chi connectivity index (χ0n) is 10.6. The number of aryl methyl sites for hydroxylation is 1. The lowest BCUT2D eigenvalue weighted by Gasteiger charge is -2.15. The van der Waals surface area contributed by atoms with E-state index in [1.165, 1.54) is 0 Å². The van der Waals surface area contributed by atoms with Crippen LogP contribution in [0.3, 0.4) is 0 Å². The van der Waals surface area contributed by atoms with Crippen LogP contribution < -0.4 is 4.74 Å². The summed E-state index contributed by atoms with van der Waals surface area (Å²) in [6, 6.07) is 3.50. The average Bonchev–Trinajstić information content (AvgIpc) is 2.67. The van der Waals surface area contributed by atoms with Gasteiger partial charge in [-0.15, -0.1) is 0 Å². The van der Waals surface area contributed by atoms with Gasteiger partial charge in [-0.1, -0.05) is 15.9 Å². The van der Waals surface area contributed by atoms with Gasteiger partial charge in [0.2, 0.25) is 5.92 Å². The van der Waals surface area contributed by atoms with Gasteiger partial charge in [-0.3, -0.25) is 4.79 Å². The molecule has 0 saturated heterocycles. The van der Waals surface area contributed by atoms with Crippen LogP contribution in [-0.2, 0) is 0 Å². The molecule has 1 saturated carbocycles. The van der Waals surface area contributed by atoms with Crippen LogP contribution in [0.25, 0.3) is 0 Å². The van der Waals surface area contributed by atoms with Gasteiger partial charge < -0.3 is 4.74 Å². The van der Waals surface area contributed by atoms with E-state index in [-0.39, 0.29) is 25.4 Å². The topological polar surface area (TPSA) is 26.3 Å². The first-order valence-electron chi connectivity index (χ1n) is 6.17. The van der Waals surface area contributed by atoms with Gasteiger partial charge in [0.15, 0.2) is 6.29 Å². The van der Waals surface area contributed by atoms with Crippen LogP contribution in [0, 0.1) is 12.8 Å². The zero-order valence-corrected chi connectivity index (χ0v) is 12.2. The van der Waals surface area contributed by atoms with Crippen molar-refractivity contribution < 1.29 is 18.3 Å². The van der Waals surface area contributed by atoms with Crippen molar-refractivity contribution in [1.29, 1.82) is 0 Å². The Morgan fingerprint density at radius 3 is 2.84 bits per heavy atom. The highest BCUT2D eigenvalue weighted by Gasteiger charge is 2.39. The molecule has 1 aliphatic rings. The molecule has 1 fully saturated rings. The first-order valence-corrected chi connectivity index (χ1v) is 6.96. The van der Waals surface area contributed by atoms with Gasteiger partial charge in [-0.05, 0) is 37.0 Å². The molecule has 0 aromatic heterocycles. The molecule has 1 atom stereocenters. The summed E-state index contributed by atoms with van der Waals surface area (Å²) in [6.07, 6.45) is 0.995. The van der Waals surface area contributed by atoms with Crippen molar-refractivity contribution in [2.75, 3.05) is 6.61 Å². The smallest absolute Gasteiger partial charge is 0.248 e. The quantitative estimate of drug-likeness (QED) is 0.764. The molecule has 5 heteroatoms. The van der Waals surface area contributed by atoms with Crippen molar-refractivity contribution in [1.82, 2.24) is 0 Å². The van der Waals surface area contributed by atoms with Gasteiger partial charge in [-0.2, -0.15) is 0 Å². The Morgan fingerprint density at radius 1 is 1.53 bits per heavy atom. The standard InChI is InChI=1S/C14H15BrF2O2/c1-9-4-12(15)5-11(7-18)13(9)19-8-10-2-3-14(16,17)6-10/h4-5,7,10H,2-3,6,8H2,1H3. The minimum absolute atomic E-state index is 0.0686. The molecule has 1 unspecified atom stereocenters. The molecule has 0 radical (unpaired) electrons. The van der Waals surface area contributed by atoms with Crippen LogP contribution in [0.4, 0.5) is 8.78 Å². The molecule has 1 aromatic carbocycles. The van der Waals surface area contributed by atoms with Crippen LogP contribution in [0.1, 0.15) is 35.2 Å². The molecule has 2 rings (SSSR count). The molecular formula is C14H15BrF2O2. The Kier molecular flexibility index (Phi) is 4.23. The molecule has 1 aliphatic carbocycles. The highest BCUT2D eigenvalue weighted by molar-refractivity contribution is 9.10. The van der Waals surface area contributed by atoms with E-state index in [9.17, 15) is 13.6 Å². The third kappa shape index (κ3) is 3.53. The van der Waals surface area contributed by atoms with E-state index in [1.54, 1.807) is 6.07 Å². The number of benzene rings is 1. The van der Waals surface area contributed by atoms with Crippen molar-refractivity contribution in [3.8, 4) is 5.75 Å². The molecule has 0 heterocycles. The Labute approximate surface area is 119 Å². The van der Waals surface area contributed by atoms with E-state index < -0.39 is 5.92 Å². The molecule has 0 aliphatic heterocycles. The van der Waals surface area contributed by atoms with Crippen LogP contribution in [0.5, 0.6) is 5.75 Å². The minimum atomic E-state index is -2.56. The lowest BCUT2D eigenvalue weighted by atomic mass is 10.1. The van der Waals surface area contributed by atoms with Crippen molar-refractivity contribution in [2.24, 2.45) is 5.92 Å². The SMILES string of the molecule is Cc1cc(Br)cc(C=O)c1OCC1CCC(F)(F)C1. The number of ether oxygens (including phenoxy) is 1. The molecule has 0 amide bonds. The zero-order chi connectivity index (χ0) is 14.0. The number of aldehydes is 1. The van der Waals surface area contributed by atoms with Gasteiger partial charge in [0.05, 0.1) is 12.2 Å². The third-order valence-electron chi connectivity index (χ3n) is 3.36. The van der Waals surface area contributed by atoms with E-state index in [0.29, 0.717) is 17.7 Å². The predicted molar refractivity (Wildman–Crippen MR) is 72.0 cm³/mol. The normalized spacial score (nSPS) is 21.4. The van der Waals surface area contributed by atoms with E-state index in [4.69, 9.17) is 4.74 Å². The largest absolute Gasteiger partial charge is 0.492 e. The summed E-state index contributed by atoms with van der Waals surface area (Å²) < 4.78 is 32.6. The summed E-state index contributed by atoms with van der Waals surface area (Å²) in [7, 11) is 0. The minimum Gasteiger partial charge on any atom is -0.492 e. The Bertz CT molecular complexity index is 489. The van der Waals surface area contributed by atoms with Crippen LogP contribution in [0.15, 0.2) is 16.6 Å². The molecule has 2 nitrogen and oxygen atoms in total. The summed E-state index contributed by atoms with van der Waals surface area (Å²) >= 11 is 3.31. The number of carbonyl (C=O) groups is 1. The second-order valence-corrected chi connectivity index (χ2v) is 5.95. The monoisotopic (exact) mass is 332 g/mol.